The molecule has 1 saturated heterocycles. The molecule has 7 nitrogen and oxygen atoms in total. The van der Waals surface area contributed by atoms with Gasteiger partial charge in [0.1, 0.15) is 18.0 Å². The van der Waals surface area contributed by atoms with Crippen LogP contribution in [0.1, 0.15) is 26.3 Å². The van der Waals surface area contributed by atoms with Gasteiger partial charge in [-0.1, -0.05) is 42.5 Å². The lowest BCUT2D eigenvalue weighted by molar-refractivity contribution is -0.0421. The number of hydrogen-bond acceptors (Lipinski definition) is 5. The van der Waals surface area contributed by atoms with Crippen LogP contribution in [0.15, 0.2) is 54.6 Å². The largest absolute Gasteiger partial charge is 0.443 e. The molecule has 0 aromatic heterocycles. The summed E-state index contributed by atoms with van der Waals surface area (Å²) in [5, 5.41) is 2.47. The van der Waals surface area contributed by atoms with Gasteiger partial charge in [-0.15, -0.1) is 0 Å². The first-order valence-corrected chi connectivity index (χ1v) is 10.2. The molecule has 166 valence electrons. The van der Waals surface area contributed by atoms with E-state index < -0.39 is 17.8 Å². The molecule has 0 saturated carbocycles. The Bertz CT molecular complexity index is 901. The van der Waals surface area contributed by atoms with E-state index in [4.69, 9.17) is 9.47 Å². The van der Waals surface area contributed by atoms with E-state index in [9.17, 15) is 14.0 Å². The van der Waals surface area contributed by atoms with Gasteiger partial charge in [0.15, 0.2) is 0 Å². The van der Waals surface area contributed by atoms with Crippen LogP contribution in [0.2, 0.25) is 0 Å². The molecule has 2 aromatic carbocycles. The highest BCUT2D eigenvalue weighted by Crippen LogP contribution is 2.22. The zero-order valence-electron chi connectivity index (χ0n) is 18.1. The number of benzene rings is 2. The maximum absolute atomic E-state index is 14.3. The second-order valence-electron chi connectivity index (χ2n) is 8.21. The van der Waals surface area contributed by atoms with Gasteiger partial charge >= 0.3 is 12.2 Å². The summed E-state index contributed by atoms with van der Waals surface area (Å²) in [6, 6.07) is 15.7. The first-order chi connectivity index (χ1) is 14.7. The fourth-order valence-electron chi connectivity index (χ4n) is 3.22. The third-order valence-corrected chi connectivity index (χ3v) is 4.67. The van der Waals surface area contributed by atoms with Gasteiger partial charge in [-0.25, -0.2) is 24.0 Å². The van der Waals surface area contributed by atoms with E-state index in [0.717, 1.165) is 5.56 Å². The van der Waals surface area contributed by atoms with E-state index in [2.05, 4.69) is 0 Å². The molecular formula is C23H28FN3O4. The molecule has 2 aromatic rings. The van der Waals surface area contributed by atoms with E-state index in [1.165, 1.54) is 16.1 Å². The Morgan fingerprint density at radius 1 is 0.871 bits per heavy atom. The van der Waals surface area contributed by atoms with E-state index in [0.29, 0.717) is 18.8 Å². The average molecular weight is 429 g/mol. The van der Waals surface area contributed by atoms with Crippen LogP contribution in [0.5, 0.6) is 0 Å². The first kappa shape index (κ1) is 22.4. The SMILES string of the molecule is CC(C)(C)OC(=O)N1CCN(c2ccccc2F)CCN1C(=O)OCc1ccccc1. The van der Waals surface area contributed by atoms with Crippen LogP contribution in [0, 0.1) is 5.82 Å². The van der Waals surface area contributed by atoms with E-state index in [1.54, 1.807) is 43.9 Å². The van der Waals surface area contributed by atoms with Crippen molar-refractivity contribution in [2.24, 2.45) is 0 Å². The Hall–Kier alpha value is -3.29. The maximum Gasteiger partial charge on any atom is 0.429 e. The molecule has 1 fully saturated rings. The van der Waals surface area contributed by atoms with Crippen LogP contribution in [-0.2, 0) is 16.1 Å². The van der Waals surface area contributed by atoms with Gasteiger partial charge in [0.25, 0.3) is 0 Å². The molecule has 0 bridgehead atoms. The van der Waals surface area contributed by atoms with Crippen molar-refractivity contribution in [3.63, 3.8) is 0 Å². The Morgan fingerprint density at radius 3 is 2.06 bits per heavy atom. The highest BCUT2D eigenvalue weighted by atomic mass is 19.1. The highest BCUT2D eigenvalue weighted by molar-refractivity contribution is 5.74. The van der Waals surface area contributed by atoms with Gasteiger partial charge in [0.2, 0.25) is 0 Å². The Balaban J connectivity index is 1.77. The fraction of sp³-hybridized carbons (Fsp3) is 0.391. The molecule has 8 heteroatoms. The number of ether oxygens (including phenoxy) is 2. The van der Waals surface area contributed by atoms with Crippen molar-refractivity contribution in [2.45, 2.75) is 33.0 Å². The van der Waals surface area contributed by atoms with Gasteiger partial charge in [0, 0.05) is 13.1 Å². The van der Waals surface area contributed by atoms with Crippen LogP contribution in [0.25, 0.3) is 0 Å². The number of para-hydroxylation sites is 1. The molecule has 2 amide bonds. The zero-order chi connectivity index (χ0) is 22.4. The number of nitrogens with zero attached hydrogens (tertiary/aromatic N) is 3. The zero-order valence-corrected chi connectivity index (χ0v) is 18.1. The molecule has 3 rings (SSSR count). The van der Waals surface area contributed by atoms with Crippen molar-refractivity contribution >= 4 is 17.9 Å². The number of rotatable bonds is 3. The molecular weight excluding hydrogens is 401 g/mol. The smallest absolute Gasteiger partial charge is 0.429 e. The first-order valence-electron chi connectivity index (χ1n) is 10.2. The van der Waals surface area contributed by atoms with Crippen LogP contribution in [0.3, 0.4) is 0 Å². The number of halogens is 1. The third kappa shape index (κ3) is 6.10. The number of carbonyl (C=O) groups excluding carboxylic acids is 2. The number of anilines is 1. The Morgan fingerprint density at radius 2 is 1.45 bits per heavy atom. The Labute approximate surface area is 181 Å². The molecule has 31 heavy (non-hydrogen) atoms. The maximum atomic E-state index is 14.3. The van der Waals surface area contributed by atoms with Crippen molar-refractivity contribution in [3.05, 3.63) is 66.0 Å². The second kappa shape index (κ2) is 9.68. The van der Waals surface area contributed by atoms with Gasteiger partial charge in [0.05, 0.1) is 18.8 Å². The summed E-state index contributed by atoms with van der Waals surface area (Å²) >= 11 is 0. The quantitative estimate of drug-likeness (QED) is 0.722. The van der Waals surface area contributed by atoms with Crippen LogP contribution in [0.4, 0.5) is 19.7 Å². The van der Waals surface area contributed by atoms with Crippen LogP contribution in [-0.4, -0.2) is 54.0 Å². The molecule has 1 heterocycles. The van der Waals surface area contributed by atoms with Crippen LogP contribution < -0.4 is 4.90 Å². The van der Waals surface area contributed by atoms with Crippen molar-refractivity contribution in [1.29, 1.82) is 0 Å². The minimum atomic E-state index is -0.728. The molecule has 0 radical (unpaired) electrons. The van der Waals surface area contributed by atoms with Crippen molar-refractivity contribution < 1.29 is 23.5 Å². The topological polar surface area (TPSA) is 62.3 Å². The van der Waals surface area contributed by atoms with Crippen molar-refractivity contribution in [3.8, 4) is 0 Å². The standard InChI is InChI=1S/C23H28FN3O4/c1-23(2,3)31-22(29)27-16-14-25(20-12-8-7-11-19(20)24)13-15-26(27)21(28)30-17-18-9-5-4-6-10-18/h4-12H,13-17H2,1-3H3. The van der Waals surface area contributed by atoms with E-state index in [1.807, 2.05) is 30.3 Å². The number of hydrazine groups is 1. The summed E-state index contributed by atoms with van der Waals surface area (Å²) in [4.78, 5) is 27.5. The van der Waals surface area contributed by atoms with Gasteiger partial charge in [-0.2, -0.15) is 0 Å². The minimum absolute atomic E-state index is 0.0787. The summed E-state index contributed by atoms with van der Waals surface area (Å²) in [6.45, 7) is 6.30. The second-order valence-corrected chi connectivity index (χ2v) is 8.21. The Kier molecular flexibility index (Phi) is 6.99. The van der Waals surface area contributed by atoms with Gasteiger partial charge < -0.3 is 14.4 Å². The number of carbonyl (C=O) groups is 2. The fourth-order valence-corrected chi connectivity index (χ4v) is 3.22. The molecule has 0 N–H and O–H groups in total. The molecule has 0 spiro atoms. The lowest BCUT2D eigenvalue weighted by Crippen LogP contribution is -2.52. The molecule has 0 unspecified atom stereocenters. The normalized spacial score (nSPS) is 14.8. The molecule has 1 aliphatic rings. The number of amides is 2. The average Bonchev–Trinajstić information content (AvgIpc) is 2.95. The lowest BCUT2D eigenvalue weighted by atomic mass is 10.2. The summed E-state index contributed by atoms with van der Waals surface area (Å²) < 4.78 is 25.2. The van der Waals surface area contributed by atoms with E-state index in [-0.39, 0.29) is 25.5 Å². The molecule has 0 aliphatic carbocycles. The van der Waals surface area contributed by atoms with Crippen LogP contribution >= 0.6 is 0 Å². The van der Waals surface area contributed by atoms with Gasteiger partial charge in [-0.3, -0.25) is 0 Å². The molecule has 0 atom stereocenters. The van der Waals surface area contributed by atoms with Crippen molar-refractivity contribution in [1.82, 2.24) is 10.0 Å². The summed E-state index contributed by atoms with van der Waals surface area (Å²) in [5.74, 6) is -0.355. The summed E-state index contributed by atoms with van der Waals surface area (Å²) in [6.07, 6.45) is -1.32. The molecule has 1 aliphatic heterocycles. The van der Waals surface area contributed by atoms with E-state index >= 15 is 0 Å². The predicted octanol–water partition coefficient (Wildman–Crippen LogP) is 4.44. The predicted molar refractivity (Wildman–Crippen MR) is 115 cm³/mol. The third-order valence-electron chi connectivity index (χ3n) is 4.67. The summed E-state index contributed by atoms with van der Waals surface area (Å²) in [7, 11) is 0. The minimum Gasteiger partial charge on any atom is -0.443 e. The summed E-state index contributed by atoms with van der Waals surface area (Å²) in [5.41, 5.74) is 0.530. The van der Waals surface area contributed by atoms with Crippen molar-refractivity contribution in [2.75, 3.05) is 31.1 Å². The highest BCUT2D eigenvalue weighted by Gasteiger charge is 2.34. The number of hydrogen-bond donors (Lipinski definition) is 0. The monoisotopic (exact) mass is 429 g/mol. The lowest BCUT2D eigenvalue weighted by Gasteiger charge is -2.33. The van der Waals surface area contributed by atoms with Gasteiger partial charge in [-0.05, 0) is 38.5 Å².